The lowest BCUT2D eigenvalue weighted by molar-refractivity contribution is 0.191. The van der Waals surface area contributed by atoms with Crippen LogP contribution in [-0.4, -0.2) is 37.0 Å². The van der Waals surface area contributed by atoms with Crippen molar-refractivity contribution in [2.24, 2.45) is 4.99 Å². The van der Waals surface area contributed by atoms with Gasteiger partial charge < -0.3 is 10.6 Å². The predicted octanol–water partition coefficient (Wildman–Crippen LogP) is 2.94. The van der Waals surface area contributed by atoms with Crippen LogP contribution in [0.15, 0.2) is 53.5 Å². The Morgan fingerprint density at radius 1 is 1.12 bits per heavy atom. The molecule has 3 rings (SSSR count). The molecule has 0 bridgehead atoms. The van der Waals surface area contributed by atoms with Crippen molar-refractivity contribution in [3.8, 4) is 0 Å². The van der Waals surface area contributed by atoms with Crippen molar-refractivity contribution in [1.82, 2.24) is 15.5 Å². The van der Waals surface area contributed by atoms with Gasteiger partial charge in [0.1, 0.15) is 5.82 Å². The molecule has 2 aromatic rings. The SMILES string of the molecule is CN=C(NCc1ccc(F)cc1)NCC(C)N1CCc2ccccc2C1. The van der Waals surface area contributed by atoms with Gasteiger partial charge in [0.25, 0.3) is 0 Å². The van der Waals surface area contributed by atoms with E-state index in [4.69, 9.17) is 0 Å². The first-order valence-electron chi connectivity index (χ1n) is 9.15. The van der Waals surface area contributed by atoms with Crippen LogP contribution < -0.4 is 10.6 Å². The molecule has 1 atom stereocenters. The molecule has 0 saturated carbocycles. The van der Waals surface area contributed by atoms with E-state index in [1.54, 1.807) is 19.2 Å². The number of aliphatic imine (C=N–C) groups is 1. The van der Waals surface area contributed by atoms with Crippen LogP contribution in [0.5, 0.6) is 0 Å². The van der Waals surface area contributed by atoms with E-state index in [0.717, 1.165) is 37.6 Å². The number of hydrogen-bond donors (Lipinski definition) is 2. The van der Waals surface area contributed by atoms with E-state index in [-0.39, 0.29) is 5.82 Å². The highest BCUT2D eigenvalue weighted by molar-refractivity contribution is 5.79. The second kappa shape index (κ2) is 8.81. The monoisotopic (exact) mass is 354 g/mol. The smallest absolute Gasteiger partial charge is 0.191 e. The number of nitrogens with one attached hydrogen (secondary N) is 2. The van der Waals surface area contributed by atoms with E-state index in [2.05, 4.69) is 51.7 Å². The van der Waals surface area contributed by atoms with Gasteiger partial charge in [0.05, 0.1) is 0 Å². The number of halogens is 1. The second-order valence-corrected chi connectivity index (χ2v) is 6.77. The van der Waals surface area contributed by atoms with Crippen LogP contribution in [0.3, 0.4) is 0 Å². The van der Waals surface area contributed by atoms with Gasteiger partial charge in [-0.3, -0.25) is 9.89 Å². The van der Waals surface area contributed by atoms with Gasteiger partial charge in [-0.05, 0) is 42.2 Å². The van der Waals surface area contributed by atoms with Crippen LogP contribution in [0.25, 0.3) is 0 Å². The summed E-state index contributed by atoms with van der Waals surface area (Å²) >= 11 is 0. The van der Waals surface area contributed by atoms with Crippen molar-refractivity contribution in [2.45, 2.75) is 32.5 Å². The number of nitrogens with zero attached hydrogens (tertiary/aromatic N) is 2. The topological polar surface area (TPSA) is 39.7 Å². The van der Waals surface area contributed by atoms with E-state index < -0.39 is 0 Å². The van der Waals surface area contributed by atoms with Gasteiger partial charge >= 0.3 is 0 Å². The molecular weight excluding hydrogens is 327 g/mol. The van der Waals surface area contributed by atoms with Gasteiger partial charge in [-0.1, -0.05) is 36.4 Å². The van der Waals surface area contributed by atoms with Gasteiger partial charge in [-0.2, -0.15) is 0 Å². The van der Waals surface area contributed by atoms with Crippen molar-refractivity contribution < 1.29 is 4.39 Å². The zero-order chi connectivity index (χ0) is 18.4. The summed E-state index contributed by atoms with van der Waals surface area (Å²) in [5.74, 6) is 0.548. The number of guanidine groups is 1. The summed E-state index contributed by atoms with van der Waals surface area (Å²) in [6, 6.07) is 15.6. The first kappa shape index (κ1) is 18.4. The zero-order valence-corrected chi connectivity index (χ0v) is 15.5. The quantitative estimate of drug-likeness (QED) is 0.641. The fourth-order valence-electron chi connectivity index (χ4n) is 3.28. The molecule has 1 heterocycles. The third-order valence-electron chi connectivity index (χ3n) is 4.95. The number of hydrogen-bond acceptors (Lipinski definition) is 2. The summed E-state index contributed by atoms with van der Waals surface area (Å²) in [7, 11) is 1.77. The maximum absolute atomic E-state index is 13.0. The number of fused-ring (bicyclic) bond motifs is 1. The minimum absolute atomic E-state index is 0.215. The molecule has 1 unspecified atom stereocenters. The summed E-state index contributed by atoms with van der Waals surface area (Å²) in [6.07, 6.45) is 1.11. The molecule has 138 valence electrons. The first-order valence-corrected chi connectivity index (χ1v) is 9.15. The predicted molar refractivity (Wildman–Crippen MR) is 105 cm³/mol. The fraction of sp³-hybridized carbons (Fsp3) is 0.381. The van der Waals surface area contributed by atoms with Crippen molar-refractivity contribution in [1.29, 1.82) is 0 Å². The van der Waals surface area contributed by atoms with Gasteiger partial charge in [-0.15, -0.1) is 0 Å². The standard InChI is InChI=1S/C21H27FN4/c1-16(26-12-11-18-5-3-4-6-19(18)15-26)13-24-21(23-2)25-14-17-7-9-20(22)10-8-17/h3-10,16H,11-15H2,1-2H3,(H2,23,24,25). The van der Waals surface area contributed by atoms with Crippen LogP contribution in [0.2, 0.25) is 0 Å². The highest BCUT2D eigenvalue weighted by atomic mass is 19.1. The van der Waals surface area contributed by atoms with E-state index in [1.165, 1.54) is 23.3 Å². The third kappa shape index (κ3) is 4.82. The van der Waals surface area contributed by atoms with Gasteiger partial charge in [0.15, 0.2) is 5.96 Å². The van der Waals surface area contributed by atoms with Crippen molar-refractivity contribution in [3.63, 3.8) is 0 Å². The number of benzene rings is 2. The summed E-state index contributed by atoms with van der Waals surface area (Å²) in [6.45, 7) is 5.77. The summed E-state index contributed by atoms with van der Waals surface area (Å²) in [5.41, 5.74) is 3.93. The van der Waals surface area contributed by atoms with Crippen LogP contribution in [0.4, 0.5) is 4.39 Å². The normalized spacial score (nSPS) is 16.0. The van der Waals surface area contributed by atoms with Gasteiger partial charge in [0.2, 0.25) is 0 Å². The average molecular weight is 354 g/mol. The second-order valence-electron chi connectivity index (χ2n) is 6.77. The molecule has 0 fully saturated rings. The molecule has 0 saturated heterocycles. The molecule has 4 nitrogen and oxygen atoms in total. The van der Waals surface area contributed by atoms with Crippen LogP contribution >= 0.6 is 0 Å². The van der Waals surface area contributed by atoms with Gasteiger partial charge in [-0.25, -0.2) is 4.39 Å². The maximum Gasteiger partial charge on any atom is 0.191 e. The molecule has 0 amide bonds. The molecule has 1 aliphatic heterocycles. The molecular formula is C21H27FN4. The highest BCUT2D eigenvalue weighted by Gasteiger charge is 2.20. The zero-order valence-electron chi connectivity index (χ0n) is 15.5. The van der Waals surface area contributed by atoms with E-state index >= 15 is 0 Å². The lowest BCUT2D eigenvalue weighted by Crippen LogP contribution is -2.47. The lowest BCUT2D eigenvalue weighted by atomic mass is 9.99. The first-order chi connectivity index (χ1) is 12.7. The maximum atomic E-state index is 13.0. The Morgan fingerprint density at radius 2 is 1.85 bits per heavy atom. The Hall–Kier alpha value is -2.40. The molecule has 1 aliphatic rings. The van der Waals surface area contributed by atoms with Crippen LogP contribution in [0, 0.1) is 5.82 Å². The Morgan fingerprint density at radius 3 is 2.58 bits per heavy atom. The largest absolute Gasteiger partial charge is 0.355 e. The number of rotatable bonds is 5. The fourth-order valence-corrected chi connectivity index (χ4v) is 3.28. The summed E-state index contributed by atoms with van der Waals surface area (Å²) in [4.78, 5) is 6.78. The van der Waals surface area contributed by atoms with Crippen LogP contribution in [-0.2, 0) is 19.5 Å². The summed E-state index contributed by atoms with van der Waals surface area (Å²) in [5, 5.41) is 6.67. The molecule has 0 aromatic heterocycles. The molecule has 2 N–H and O–H groups in total. The third-order valence-corrected chi connectivity index (χ3v) is 4.95. The minimum Gasteiger partial charge on any atom is -0.355 e. The molecule has 0 aliphatic carbocycles. The average Bonchev–Trinajstić information content (AvgIpc) is 2.68. The van der Waals surface area contributed by atoms with E-state index in [9.17, 15) is 4.39 Å². The Kier molecular flexibility index (Phi) is 6.23. The summed E-state index contributed by atoms with van der Waals surface area (Å²) < 4.78 is 13.0. The van der Waals surface area contributed by atoms with Crippen molar-refractivity contribution in [3.05, 3.63) is 71.0 Å². The molecule has 2 aromatic carbocycles. The molecule has 5 heteroatoms. The minimum atomic E-state index is -0.215. The van der Waals surface area contributed by atoms with Crippen LogP contribution in [0.1, 0.15) is 23.6 Å². The highest BCUT2D eigenvalue weighted by Crippen LogP contribution is 2.19. The van der Waals surface area contributed by atoms with Crippen molar-refractivity contribution >= 4 is 5.96 Å². The van der Waals surface area contributed by atoms with Gasteiger partial charge in [0, 0.05) is 39.3 Å². The Balaban J connectivity index is 1.47. The lowest BCUT2D eigenvalue weighted by Gasteiger charge is -2.34. The Labute approximate surface area is 155 Å². The molecule has 0 radical (unpaired) electrons. The molecule has 26 heavy (non-hydrogen) atoms. The van der Waals surface area contributed by atoms with E-state index in [0.29, 0.717) is 12.6 Å². The van der Waals surface area contributed by atoms with E-state index in [1.807, 2.05) is 0 Å². The van der Waals surface area contributed by atoms with Crippen molar-refractivity contribution in [2.75, 3.05) is 20.1 Å². The molecule has 0 spiro atoms. The Bertz CT molecular complexity index is 742.